The Morgan fingerprint density at radius 3 is 2.81 bits per heavy atom. The van der Waals surface area contributed by atoms with Crippen LogP contribution < -0.4 is 11.1 Å². The number of nitrogens with zero attached hydrogens (tertiary/aromatic N) is 2. The summed E-state index contributed by atoms with van der Waals surface area (Å²) in [6, 6.07) is 0. The van der Waals surface area contributed by atoms with Crippen LogP contribution in [0, 0.1) is 0 Å². The largest absolute Gasteiger partial charge is 0.381 e. The quantitative estimate of drug-likeness (QED) is 0.824. The molecule has 1 aliphatic rings. The predicted octanol–water partition coefficient (Wildman–Crippen LogP) is 1.02. The van der Waals surface area contributed by atoms with Gasteiger partial charge in [-0.3, -0.25) is 0 Å². The van der Waals surface area contributed by atoms with Crippen LogP contribution in [0.2, 0.25) is 0 Å². The molecule has 5 nitrogen and oxygen atoms in total. The van der Waals surface area contributed by atoms with E-state index in [1.165, 1.54) is 11.5 Å². The van der Waals surface area contributed by atoms with Gasteiger partial charge in [0, 0.05) is 37.7 Å². The molecule has 1 aromatic heterocycles. The van der Waals surface area contributed by atoms with E-state index < -0.39 is 0 Å². The molecule has 90 valence electrons. The van der Waals surface area contributed by atoms with Gasteiger partial charge in [0.15, 0.2) is 0 Å². The normalized spacial score (nSPS) is 19.6. The summed E-state index contributed by atoms with van der Waals surface area (Å²) in [6.07, 6.45) is 2.74. The Hall–Kier alpha value is -0.720. The Bertz CT molecular complexity index is 335. The number of ether oxygens (including phenoxy) is 1. The van der Waals surface area contributed by atoms with E-state index in [-0.39, 0.29) is 5.54 Å². The lowest BCUT2D eigenvalue weighted by Gasteiger charge is -2.36. The molecule has 0 spiro atoms. The summed E-state index contributed by atoms with van der Waals surface area (Å²) >= 11 is 1.41. The maximum atomic E-state index is 5.86. The third kappa shape index (κ3) is 2.50. The smallest absolute Gasteiger partial charge is 0.203 e. The summed E-state index contributed by atoms with van der Waals surface area (Å²) in [7, 11) is 0. The van der Waals surface area contributed by atoms with Crippen LogP contribution >= 0.6 is 11.5 Å². The summed E-state index contributed by atoms with van der Waals surface area (Å²) in [5.41, 5.74) is 5.81. The van der Waals surface area contributed by atoms with Gasteiger partial charge in [0.05, 0.1) is 5.54 Å². The molecule has 1 saturated heterocycles. The van der Waals surface area contributed by atoms with Gasteiger partial charge >= 0.3 is 0 Å². The molecule has 1 aromatic rings. The van der Waals surface area contributed by atoms with Crippen molar-refractivity contribution < 1.29 is 4.74 Å². The van der Waals surface area contributed by atoms with Crippen LogP contribution in [-0.2, 0) is 11.2 Å². The fraction of sp³-hybridized carbons (Fsp3) is 0.800. The van der Waals surface area contributed by atoms with Crippen LogP contribution in [0.25, 0.3) is 0 Å². The van der Waals surface area contributed by atoms with Crippen molar-refractivity contribution in [2.75, 3.05) is 25.1 Å². The van der Waals surface area contributed by atoms with E-state index in [0.29, 0.717) is 6.54 Å². The number of nitrogens with two attached hydrogens (primary N) is 1. The molecule has 16 heavy (non-hydrogen) atoms. The van der Waals surface area contributed by atoms with Gasteiger partial charge in [0.2, 0.25) is 5.13 Å². The van der Waals surface area contributed by atoms with Gasteiger partial charge in [-0.05, 0) is 12.8 Å². The topological polar surface area (TPSA) is 73.1 Å². The first-order valence-electron chi connectivity index (χ1n) is 5.66. The molecular weight excluding hydrogens is 224 g/mol. The number of anilines is 1. The molecule has 6 heteroatoms. The Morgan fingerprint density at radius 1 is 1.50 bits per heavy atom. The first kappa shape index (κ1) is 11.8. The van der Waals surface area contributed by atoms with Crippen LogP contribution in [0.5, 0.6) is 0 Å². The van der Waals surface area contributed by atoms with Gasteiger partial charge in [-0.25, -0.2) is 4.98 Å². The van der Waals surface area contributed by atoms with Gasteiger partial charge in [-0.2, -0.15) is 4.37 Å². The maximum absolute atomic E-state index is 5.86. The SMILES string of the molecule is CCc1nsc(NC2(CN)CCOCC2)n1. The van der Waals surface area contributed by atoms with Gasteiger partial charge < -0.3 is 15.8 Å². The predicted molar refractivity (Wildman–Crippen MR) is 64.7 cm³/mol. The summed E-state index contributed by atoms with van der Waals surface area (Å²) in [5.74, 6) is 0.895. The van der Waals surface area contributed by atoms with E-state index >= 15 is 0 Å². The summed E-state index contributed by atoms with van der Waals surface area (Å²) in [6.45, 7) is 4.20. The molecule has 0 unspecified atom stereocenters. The van der Waals surface area contributed by atoms with Crippen molar-refractivity contribution in [3.63, 3.8) is 0 Å². The molecular formula is C10H18N4OS. The third-order valence-corrected chi connectivity index (χ3v) is 3.67. The van der Waals surface area contributed by atoms with Crippen molar-refractivity contribution >= 4 is 16.7 Å². The average molecular weight is 242 g/mol. The highest BCUT2D eigenvalue weighted by molar-refractivity contribution is 7.09. The molecule has 0 saturated carbocycles. The Morgan fingerprint density at radius 2 is 2.25 bits per heavy atom. The Kier molecular flexibility index (Phi) is 3.73. The zero-order chi connectivity index (χ0) is 11.4. The molecule has 0 aromatic carbocycles. The van der Waals surface area contributed by atoms with Crippen LogP contribution in [0.3, 0.4) is 0 Å². The number of rotatable bonds is 4. The van der Waals surface area contributed by atoms with E-state index in [2.05, 4.69) is 21.6 Å². The van der Waals surface area contributed by atoms with Crippen LogP contribution in [0.1, 0.15) is 25.6 Å². The number of hydrogen-bond donors (Lipinski definition) is 2. The van der Waals surface area contributed by atoms with Crippen LogP contribution in [-0.4, -0.2) is 34.7 Å². The monoisotopic (exact) mass is 242 g/mol. The van der Waals surface area contributed by atoms with Gasteiger partial charge in [-0.1, -0.05) is 6.92 Å². The molecule has 0 atom stereocenters. The van der Waals surface area contributed by atoms with Crippen molar-refractivity contribution in [3.8, 4) is 0 Å². The maximum Gasteiger partial charge on any atom is 0.203 e. The number of nitrogens with one attached hydrogen (secondary N) is 1. The average Bonchev–Trinajstić information content (AvgIpc) is 2.78. The zero-order valence-corrected chi connectivity index (χ0v) is 10.3. The molecule has 0 amide bonds. The molecule has 0 bridgehead atoms. The van der Waals surface area contributed by atoms with Gasteiger partial charge in [0.25, 0.3) is 0 Å². The highest BCUT2D eigenvalue weighted by Gasteiger charge is 2.31. The standard InChI is InChI=1S/C10H18N4OS/c1-2-8-12-9(16-14-8)13-10(7-11)3-5-15-6-4-10/h2-7,11H2,1H3,(H,12,13,14). The lowest BCUT2D eigenvalue weighted by atomic mass is 9.90. The highest BCUT2D eigenvalue weighted by Crippen LogP contribution is 2.25. The minimum Gasteiger partial charge on any atom is -0.381 e. The van der Waals surface area contributed by atoms with Crippen LogP contribution in [0.15, 0.2) is 0 Å². The van der Waals surface area contributed by atoms with Crippen molar-refractivity contribution in [3.05, 3.63) is 5.82 Å². The van der Waals surface area contributed by atoms with E-state index in [4.69, 9.17) is 10.5 Å². The third-order valence-electron chi connectivity index (χ3n) is 3.00. The fourth-order valence-corrected chi connectivity index (χ4v) is 2.59. The molecule has 1 aliphatic heterocycles. The molecule has 3 N–H and O–H groups in total. The Balaban J connectivity index is 2.05. The molecule has 2 rings (SSSR count). The summed E-state index contributed by atoms with van der Waals surface area (Å²) in [5, 5.41) is 4.32. The molecule has 0 radical (unpaired) electrons. The first-order chi connectivity index (χ1) is 7.78. The number of aryl methyl sites for hydroxylation is 1. The lowest BCUT2D eigenvalue weighted by Crippen LogP contribution is -2.49. The number of hydrogen-bond acceptors (Lipinski definition) is 6. The second-order valence-corrected chi connectivity index (χ2v) is 4.84. The van der Waals surface area contributed by atoms with E-state index in [0.717, 1.165) is 43.4 Å². The van der Waals surface area contributed by atoms with Gasteiger partial charge in [0.1, 0.15) is 5.82 Å². The molecule has 0 aliphatic carbocycles. The minimum atomic E-state index is -0.0528. The van der Waals surface area contributed by atoms with Crippen molar-refractivity contribution in [2.24, 2.45) is 5.73 Å². The fourth-order valence-electron chi connectivity index (χ4n) is 1.82. The summed E-state index contributed by atoms with van der Waals surface area (Å²) < 4.78 is 9.62. The highest BCUT2D eigenvalue weighted by atomic mass is 32.1. The molecule has 2 heterocycles. The van der Waals surface area contributed by atoms with E-state index in [1.807, 2.05) is 0 Å². The first-order valence-corrected chi connectivity index (χ1v) is 6.44. The second-order valence-electron chi connectivity index (χ2n) is 4.09. The molecule has 1 fully saturated rings. The second kappa shape index (κ2) is 5.07. The van der Waals surface area contributed by atoms with Crippen molar-refractivity contribution in [1.29, 1.82) is 0 Å². The zero-order valence-electron chi connectivity index (χ0n) is 9.53. The lowest BCUT2D eigenvalue weighted by molar-refractivity contribution is 0.0628. The summed E-state index contributed by atoms with van der Waals surface area (Å²) in [4.78, 5) is 4.42. The van der Waals surface area contributed by atoms with E-state index in [9.17, 15) is 0 Å². The van der Waals surface area contributed by atoms with Crippen molar-refractivity contribution in [1.82, 2.24) is 9.36 Å². The minimum absolute atomic E-state index is 0.0528. The Labute approximate surface area is 99.6 Å². The van der Waals surface area contributed by atoms with Gasteiger partial charge in [-0.15, -0.1) is 0 Å². The number of aromatic nitrogens is 2. The van der Waals surface area contributed by atoms with Crippen molar-refractivity contribution in [2.45, 2.75) is 31.7 Å². The van der Waals surface area contributed by atoms with Crippen LogP contribution in [0.4, 0.5) is 5.13 Å². The van der Waals surface area contributed by atoms with E-state index in [1.54, 1.807) is 0 Å².